The number of nitrogens with two attached hydrogens (primary N) is 1. The van der Waals surface area contributed by atoms with Crippen LogP contribution in [0.3, 0.4) is 0 Å². The number of fused-ring (bicyclic) bond motifs is 2. The standard InChI is InChI=1S/C24H34N2O4S.C20H26N2O3.2ClH/c1-8-30-21(27)24(26-31(28)22(3,4)5)19-13-18(25-6)10-9-17(19)15-23(24)12-11-20(29-7)16(2)14-23;1-5-25-18(23)20(21)16-10-15(22-3)7-6-14(16)12-19(20)9-8-17(24-4)13(2)11-19;;/h9-10,13,16,20,26H,8,11-12,14-15H2,1-5,7H3;6-7,10,13,17H,5,8-9,11-12,21H2,1-2,4H3;2*1H/t16-,20-,23-,24+,31-;13-,17-,19-,20+;;/m00../s1. The van der Waals surface area contributed by atoms with Gasteiger partial charge in [0.2, 0.25) is 0 Å². The fraction of sp³-hybridized carbons (Fsp3) is 0.636. The molecule has 2 spiro atoms. The number of rotatable bonds is 8. The molecule has 0 unspecified atom stereocenters. The third-order valence-corrected chi connectivity index (χ3v) is 14.7. The number of carbonyl (C=O) groups is 2. The molecule has 58 heavy (non-hydrogen) atoms. The molecule has 0 radical (unpaired) electrons. The lowest BCUT2D eigenvalue weighted by molar-refractivity contribution is -0.161. The first-order valence-electron chi connectivity index (χ1n) is 19.9. The van der Waals surface area contributed by atoms with E-state index in [0.29, 0.717) is 30.3 Å². The van der Waals surface area contributed by atoms with Gasteiger partial charge in [0.1, 0.15) is 5.54 Å². The molecule has 320 valence electrons. The SMILES string of the molecule is Cl.Cl.[C-]#[N+]c1ccc2c(c1)[C@@](N)(C(=O)OCC)[C@]1(CC[C@H](OC)[C@@H](C)C1)C2.[C-]#[N+]c1ccc2c(c1)[C@@](N[S@@](=O)C(C)(C)C)(C(=O)OCC)[C@]1(CC[C@H](OC)[C@@H](C)C1)C2. The number of hydrogen-bond acceptors (Lipinski definition) is 8. The van der Waals surface area contributed by atoms with Crippen LogP contribution in [0.1, 0.15) is 109 Å². The van der Waals surface area contributed by atoms with Gasteiger partial charge in [-0.25, -0.2) is 28.2 Å². The molecule has 11 nitrogen and oxygen atoms in total. The summed E-state index contributed by atoms with van der Waals surface area (Å²) in [7, 11) is 1.96. The van der Waals surface area contributed by atoms with Crippen molar-refractivity contribution < 1.29 is 32.7 Å². The largest absolute Gasteiger partial charge is 0.464 e. The van der Waals surface area contributed by atoms with Crippen molar-refractivity contribution in [1.29, 1.82) is 0 Å². The summed E-state index contributed by atoms with van der Waals surface area (Å²) in [6.45, 7) is 28.9. The zero-order valence-electron chi connectivity index (χ0n) is 35.4. The number of methoxy groups -OCH3 is 2. The van der Waals surface area contributed by atoms with Crippen LogP contribution in [0.4, 0.5) is 11.4 Å². The number of nitrogens with one attached hydrogen (secondary N) is 1. The zero-order chi connectivity index (χ0) is 41.3. The highest BCUT2D eigenvalue weighted by Crippen LogP contribution is 2.61. The van der Waals surface area contributed by atoms with Crippen LogP contribution in [0.5, 0.6) is 0 Å². The second-order valence-corrected chi connectivity index (χ2v) is 19.3. The molecule has 4 aliphatic rings. The minimum Gasteiger partial charge on any atom is -0.464 e. The summed E-state index contributed by atoms with van der Waals surface area (Å²) in [4.78, 5) is 33.9. The fourth-order valence-corrected chi connectivity index (χ4v) is 11.3. The summed E-state index contributed by atoms with van der Waals surface area (Å²) >= 11 is 0. The van der Waals surface area contributed by atoms with Crippen LogP contribution in [-0.2, 0) is 63.4 Å². The van der Waals surface area contributed by atoms with Crippen LogP contribution in [0.15, 0.2) is 36.4 Å². The maximum absolute atomic E-state index is 13.8. The van der Waals surface area contributed by atoms with E-state index in [2.05, 4.69) is 28.3 Å². The molecule has 0 bridgehead atoms. The van der Waals surface area contributed by atoms with Crippen LogP contribution in [0.25, 0.3) is 9.69 Å². The molecule has 9 atom stereocenters. The molecule has 4 aliphatic carbocycles. The topological polar surface area (TPSA) is 135 Å². The lowest BCUT2D eigenvalue weighted by Gasteiger charge is -2.50. The second-order valence-electron chi connectivity index (χ2n) is 17.3. The quantitative estimate of drug-likeness (QED) is 0.199. The van der Waals surface area contributed by atoms with Crippen LogP contribution < -0.4 is 10.5 Å². The molecule has 0 saturated heterocycles. The molecule has 2 aromatic carbocycles. The summed E-state index contributed by atoms with van der Waals surface area (Å²) in [6.07, 6.45) is 6.53. The van der Waals surface area contributed by atoms with E-state index in [1.165, 1.54) is 0 Å². The number of esters is 2. The lowest BCUT2D eigenvalue weighted by atomic mass is 9.59. The van der Waals surface area contributed by atoms with Gasteiger partial charge in [0, 0.05) is 25.0 Å². The Labute approximate surface area is 360 Å². The Balaban J connectivity index is 0.000000306. The van der Waals surface area contributed by atoms with Crippen molar-refractivity contribution in [3.05, 3.63) is 81.5 Å². The van der Waals surface area contributed by atoms with Crippen molar-refractivity contribution >= 4 is 59.1 Å². The molecule has 2 saturated carbocycles. The Morgan fingerprint density at radius 2 is 1.26 bits per heavy atom. The van der Waals surface area contributed by atoms with Crippen molar-refractivity contribution in [1.82, 2.24) is 4.72 Å². The third kappa shape index (κ3) is 8.46. The maximum atomic E-state index is 13.8. The first-order valence-corrected chi connectivity index (χ1v) is 21.0. The number of ether oxygens (including phenoxy) is 4. The number of halogens is 2. The molecule has 0 amide bonds. The summed E-state index contributed by atoms with van der Waals surface area (Å²) in [5, 5.41) is 0. The van der Waals surface area contributed by atoms with E-state index >= 15 is 0 Å². The summed E-state index contributed by atoms with van der Waals surface area (Å²) < 4.78 is 38.5. The van der Waals surface area contributed by atoms with E-state index < -0.39 is 38.2 Å². The van der Waals surface area contributed by atoms with Crippen molar-refractivity contribution in [2.75, 3.05) is 27.4 Å². The van der Waals surface area contributed by atoms with Gasteiger partial charge in [-0.3, -0.25) is 0 Å². The van der Waals surface area contributed by atoms with Crippen LogP contribution >= 0.6 is 24.8 Å². The van der Waals surface area contributed by atoms with Crippen LogP contribution in [0.2, 0.25) is 0 Å². The Hall–Kier alpha value is -3.07. The van der Waals surface area contributed by atoms with E-state index in [0.717, 1.165) is 67.2 Å². The number of nitrogens with zero attached hydrogens (tertiary/aromatic N) is 2. The average Bonchev–Trinajstić information content (AvgIpc) is 3.56. The first-order chi connectivity index (χ1) is 26.5. The van der Waals surface area contributed by atoms with Gasteiger partial charge in [0.25, 0.3) is 0 Å². The molecule has 14 heteroatoms. The van der Waals surface area contributed by atoms with Gasteiger partial charge in [0.15, 0.2) is 16.9 Å². The second kappa shape index (κ2) is 19.1. The number of benzene rings is 2. The molecule has 6 rings (SSSR count). The smallest absolute Gasteiger partial charge is 0.332 e. The van der Waals surface area contributed by atoms with Crippen LogP contribution in [0, 0.1) is 35.8 Å². The molecule has 2 fully saturated rings. The van der Waals surface area contributed by atoms with E-state index in [-0.39, 0.29) is 60.9 Å². The predicted octanol–water partition coefficient (Wildman–Crippen LogP) is 8.60. The summed E-state index contributed by atoms with van der Waals surface area (Å²) in [6, 6.07) is 11.1. The van der Waals surface area contributed by atoms with Gasteiger partial charge in [-0.1, -0.05) is 50.2 Å². The summed E-state index contributed by atoms with van der Waals surface area (Å²) in [5.41, 5.74) is 8.06. The normalized spacial score (nSPS) is 31.2. The molecular formula is C44H62Cl2N4O7S. The minimum absolute atomic E-state index is 0. The molecular weight excluding hydrogens is 799 g/mol. The zero-order valence-corrected chi connectivity index (χ0v) is 37.8. The minimum atomic E-state index is -1.52. The van der Waals surface area contributed by atoms with E-state index in [1.807, 2.05) is 32.9 Å². The van der Waals surface area contributed by atoms with Gasteiger partial charge in [-0.15, -0.1) is 24.8 Å². The highest BCUT2D eigenvalue weighted by molar-refractivity contribution is 7.84. The van der Waals surface area contributed by atoms with Crippen molar-refractivity contribution in [2.24, 2.45) is 28.4 Å². The molecule has 2 aromatic rings. The Morgan fingerprint density at radius 3 is 1.72 bits per heavy atom. The Morgan fingerprint density at radius 1 is 0.810 bits per heavy atom. The lowest BCUT2D eigenvalue weighted by Crippen LogP contribution is -2.63. The molecule has 0 aliphatic heterocycles. The average molecular weight is 862 g/mol. The summed E-state index contributed by atoms with van der Waals surface area (Å²) in [5.74, 6) is -0.242. The van der Waals surface area contributed by atoms with Gasteiger partial charge < -0.3 is 24.7 Å². The van der Waals surface area contributed by atoms with E-state index in [4.69, 9.17) is 37.8 Å². The monoisotopic (exact) mass is 860 g/mol. The van der Waals surface area contributed by atoms with Crippen molar-refractivity contribution in [3.8, 4) is 0 Å². The molecule has 3 N–H and O–H groups in total. The number of carbonyl (C=O) groups excluding carboxylic acids is 2. The highest BCUT2D eigenvalue weighted by Gasteiger charge is 2.66. The fourth-order valence-electron chi connectivity index (χ4n) is 10.3. The maximum Gasteiger partial charge on any atom is 0.332 e. The predicted molar refractivity (Wildman–Crippen MR) is 232 cm³/mol. The first kappa shape index (κ1) is 49.3. The van der Waals surface area contributed by atoms with Gasteiger partial charge in [0.05, 0.1) is 54.3 Å². The van der Waals surface area contributed by atoms with Crippen LogP contribution in [-0.4, -0.2) is 60.5 Å². The van der Waals surface area contributed by atoms with Gasteiger partial charge in [-0.2, -0.15) is 0 Å². The van der Waals surface area contributed by atoms with Gasteiger partial charge in [-0.05, 0) is 120 Å². The van der Waals surface area contributed by atoms with Gasteiger partial charge >= 0.3 is 11.9 Å². The van der Waals surface area contributed by atoms with Crippen molar-refractivity contribution in [3.63, 3.8) is 0 Å². The number of hydrogen-bond donors (Lipinski definition) is 2. The van der Waals surface area contributed by atoms with E-state index in [9.17, 15) is 13.8 Å². The molecule has 0 heterocycles. The Kier molecular flexibility index (Phi) is 16.2. The Bertz CT molecular complexity index is 1930. The van der Waals surface area contributed by atoms with Crippen molar-refractivity contribution in [2.45, 2.75) is 128 Å². The highest BCUT2D eigenvalue weighted by atomic mass is 35.5. The van der Waals surface area contributed by atoms with E-state index in [1.54, 1.807) is 52.3 Å². The molecule has 0 aromatic heterocycles. The third-order valence-electron chi connectivity index (χ3n) is 13.1.